The Morgan fingerprint density at radius 3 is 2.76 bits per heavy atom. The Balaban J connectivity index is 1.76. The quantitative estimate of drug-likeness (QED) is 0.821. The van der Waals surface area contributed by atoms with Gasteiger partial charge in [-0.15, -0.1) is 0 Å². The van der Waals surface area contributed by atoms with Crippen LogP contribution in [0, 0.1) is 12.3 Å². The summed E-state index contributed by atoms with van der Waals surface area (Å²) in [6.07, 6.45) is 4.46. The van der Waals surface area contributed by atoms with Crippen LogP contribution in [-0.2, 0) is 0 Å². The molecular formula is C14H22N2O. The monoisotopic (exact) mass is 234 g/mol. The van der Waals surface area contributed by atoms with Gasteiger partial charge in [0.1, 0.15) is 5.75 Å². The second kappa shape index (κ2) is 5.05. The van der Waals surface area contributed by atoms with Crippen LogP contribution in [0.2, 0.25) is 0 Å². The molecular weight excluding hydrogens is 212 g/mol. The standard InChI is InChI=1S/C14H22N2O/c1-11-4-7-13(8-15-11)17-10-14(2,3)9-16-12-5-6-12/h4,7-8,12,16H,5-6,9-10H2,1-3H3. The summed E-state index contributed by atoms with van der Waals surface area (Å²) in [5.41, 5.74) is 1.18. The Morgan fingerprint density at radius 1 is 1.41 bits per heavy atom. The van der Waals surface area contributed by atoms with Gasteiger partial charge in [0, 0.05) is 23.7 Å². The molecule has 1 aliphatic carbocycles. The first-order valence-corrected chi connectivity index (χ1v) is 6.34. The van der Waals surface area contributed by atoms with Crippen LogP contribution in [0.15, 0.2) is 18.3 Å². The van der Waals surface area contributed by atoms with E-state index in [0.717, 1.165) is 30.6 Å². The van der Waals surface area contributed by atoms with E-state index in [1.165, 1.54) is 12.8 Å². The van der Waals surface area contributed by atoms with Crippen molar-refractivity contribution < 1.29 is 4.74 Å². The third kappa shape index (κ3) is 4.35. The molecule has 2 rings (SSSR count). The highest BCUT2D eigenvalue weighted by Crippen LogP contribution is 2.22. The van der Waals surface area contributed by atoms with Crippen molar-refractivity contribution in [2.45, 2.75) is 39.7 Å². The minimum atomic E-state index is 0.160. The van der Waals surface area contributed by atoms with Gasteiger partial charge in [0.25, 0.3) is 0 Å². The van der Waals surface area contributed by atoms with Crippen molar-refractivity contribution in [3.8, 4) is 5.75 Å². The lowest BCUT2D eigenvalue weighted by Crippen LogP contribution is -2.35. The number of nitrogens with one attached hydrogen (secondary N) is 1. The minimum absolute atomic E-state index is 0.160. The normalized spacial score (nSPS) is 15.9. The van der Waals surface area contributed by atoms with Crippen LogP contribution in [0.3, 0.4) is 0 Å². The van der Waals surface area contributed by atoms with Crippen molar-refractivity contribution in [3.63, 3.8) is 0 Å². The van der Waals surface area contributed by atoms with Gasteiger partial charge in [-0.25, -0.2) is 0 Å². The Kier molecular flexibility index (Phi) is 3.67. The fourth-order valence-corrected chi connectivity index (χ4v) is 1.58. The first-order valence-electron chi connectivity index (χ1n) is 6.34. The zero-order valence-corrected chi connectivity index (χ0v) is 11.0. The van der Waals surface area contributed by atoms with Gasteiger partial charge >= 0.3 is 0 Å². The second-order valence-corrected chi connectivity index (χ2v) is 5.74. The molecule has 1 aromatic heterocycles. The number of aryl methyl sites for hydroxylation is 1. The van der Waals surface area contributed by atoms with Crippen LogP contribution >= 0.6 is 0 Å². The molecule has 0 unspecified atom stereocenters. The predicted molar refractivity (Wildman–Crippen MR) is 69.3 cm³/mol. The first kappa shape index (κ1) is 12.4. The van der Waals surface area contributed by atoms with Gasteiger partial charge in [-0.3, -0.25) is 4.98 Å². The third-order valence-electron chi connectivity index (χ3n) is 2.96. The van der Waals surface area contributed by atoms with Gasteiger partial charge in [-0.2, -0.15) is 0 Å². The highest BCUT2D eigenvalue weighted by Gasteiger charge is 2.25. The maximum Gasteiger partial charge on any atom is 0.137 e. The summed E-state index contributed by atoms with van der Waals surface area (Å²) in [7, 11) is 0. The first-order chi connectivity index (χ1) is 8.05. The molecule has 3 nitrogen and oxygen atoms in total. The van der Waals surface area contributed by atoms with Crippen LogP contribution < -0.4 is 10.1 Å². The molecule has 1 fully saturated rings. The van der Waals surface area contributed by atoms with Crippen molar-refractivity contribution in [1.82, 2.24) is 10.3 Å². The molecule has 3 heteroatoms. The van der Waals surface area contributed by atoms with E-state index in [1.54, 1.807) is 6.20 Å². The van der Waals surface area contributed by atoms with Gasteiger partial charge in [-0.1, -0.05) is 13.8 Å². The van der Waals surface area contributed by atoms with E-state index in [9.17, 15) is 0 Å². The topological polar surface area (TPSA) is 34.1 Å². The largest absolute Gasteiger partial charge is 0.491 e. The zero-order valence-electron chi connectivity index (χ0n) is 11.0. The van der Waals surface area contributed by atoms with Crippen LogP contribution in [0.5, 0.6) is 5.75 Å². The van der Waals surface area contributed by atoms with Crippen molar-refractivity contribution in [3.05, 3.63) is 24.0 Å². The summed E-state index contributed by atoms with van der Waals surface area (Å²) >= 11 is 0. The fraction of sp³-hybridized carbons (Fsp3) is 0.643. The molecule has 1 N–H and O–H groups in total. The Hall–Kier alpha value is -1.09. The molecule has 0 bridgehead atoms. The van der Waals surface area contributed by atoms with E-state index in [2.05, 4.69) is 24.1 Å². The predicted octanol–water partition coefficient (Wildman–Crippen LogP) is 2.55. The lowest BCUT2D eigenvalue weighted by Gasteiger charge is -2.25. The summed E-state index contributed by atoms with van der Waals surface area (Å²) in [6, 6.07) is 4.72. The van der Waals surface area contributed by atoms with Crippen molar-refractivity contribution in [1.29, 1.82) is 0 Å². The van der Waals surface area contributed by atoms with Gasteiger partial charge in [0.05, 0.1) is 12.8 Å². The Bertz CT molecular complexity index is 355. The summed E-state index contributed by atoms with van der Waals surface area (Å²) in [5, 5.41) is 3.55. The van der Waals surface area contributed by atoms with Crippen LogP contribution in [0.4, 0.5) is 0 Å². The number of pyridine rings is 1. The summed E-state index contributed by atoms with van der Waals surface area (Å²) in [4.78, 5) is 4.22. The number of aromatic nitrogens is 1. The van der Waals surface area contributed by atoms with E-state index >= 15 is 0 Å². The molecule has 0 aliphatic heterocycles. The zero-order chi connectivity index (χ0) is 12.3. The number of hydrogen-bond acceptors (Lipinski definition) is 3. The lowest BCUT2D eigenvalue weighted by atomic mass is 9.95. The van der Waals surface area contributed by atoms with Gasteiger partial charge in [0.15, 0.2) is 0 Å². The van der Waals surface area contributed by atoms with Crippen LogP contribution in [-0.4, -0.2) is 24.2 Å². The maximum atomic E-state index is 5.78. The molecule has 1 saturated carbocycles. The minimum Gasteiger partial charge on any atom is -0.491 e. The van der Waals surface area contributed by atoms with Gasteiger partial charge in [0.2, 0.25) is 0 Å². The number of rotatable bonds is 6. The fourth-order valence-electron chi connectivity index (χ4n) is 1.58. The molecule has 0 saturated heterocycles. The average molecular weight is 234 g/mol. The molecule has 1 aliphatic rings. The lowest BCUT2D eigenvalue weighted by molar-refractivity contribution is 0.175. The number of nitrogens with zero attached hydrogens (tertiary/aromatic N) is 1. The molecule has 0 aromatic carbocycles. The second-order valence-electron chi connectivity index (χ2n) is 5.74. The van der Waals surface area contributed by atoms with E-state index in [-0.39, 0.29) is 5.41 Å². The van der Waals surface area contributed by atoms with Crippen LogP contribution in [0.1, 0.15) is 32.4 Å². The maximum absolute atomic E-state index is 5.78. The molecule has 0 radical (unpaired) electrons. The molecule has 0 amide bonds. The molecule has 0 spiro atoms. The highest BCUT2D eigenvalue weighted by atomic mass is 16.5. The Morgan fingerprint density at radius 2 is 2.18 bits per heavy atom. The van der Waals surface area contributed by atoms with Crippen molar-refractivity contribution in [2.75, 3.05) is 13.2 Å². The van der Waals surface area contributed by atoms with E-state index < -0.39 is 0 Å². The third-order valence-corrected chi connectivity index (χ3v) is 2.96. The van der Waals surface area contributed by atoms with E-state index in [0.29, 0.717) is 0 Å². The summed E-state index contributed by atoms with van der Waals surface area (Å²) in [6.45, 7) is 8.16. The van der Waals surface area contributed by atoms with Gasteiger partial charge in [-0.05, 0) is 31.9 Å². The molecule has 1 heterocycles. The number of ether oxygens (including phenoxy) is 1. The highest BCUT2D eigenvalue weighted by molar-refractivity contribution is 5.19. The van der Waals surface area contributed by atoms with E-state index in [4.69, 9.17) is 4.74 Å². The van der Waals surface area contributed by atoms with E-state index in [1.807, 2.05) is 19.1 Å². The SMILES string of the molecule is Cc1ccc(OCC(C)(C)CNC2CC2)cn1. The number of hydrogen-bond donors (Lipinski definition) is 1. The Labute approximate surface area is 104 Å². The summed E-state index contributed by atoms with van der Waals surface area (Å²) in [5.74, 6) is 0.857. The van der Waals surface area contributed by atoms with Gasteiger partial charge < -0.3 is 10.1 Å². The van der Waals surface area contributed by atoms with Crippen molar-refractivity contribution in [2.24, 2.45) is 5.41 Å². The summed E-state index contributed by atoms with van der Waals surface area (Å²) < 4.78 is 5.78. The van der Waals surface area contributed by atoms with Crippen LogP contribution in [0.25, 0.3) is 0 Å². The van der Waals surface area contributed by atoms with Crippen molar-refractivity contribution >= 4 is 0 Å². The average Bonchev–Trinajstić information content (AvgIpc) is 3.10. The molecule has 94 valence electrons. The molecule has 0 atom stereocenters. The molecule has 17 heavy (non-hydrogen) atoms. The smallest absolute Gasteiger partial charge is 0.137 e. The molecule has 1 aromatic rings.